The highest BCUT2D eigenvalue weighted by molar-refractivity contribution is 5.74. The summed E-state index contributed by atoms with van der Waals surface area (Å²) >= 11 is 0. The molecule has 2 aliphatic heterocycles. The molecular formula is C12H23N3O2. The minimum absolute atomic E-state index is 0.0731. The zero-order valence-electron chi connectivity index (χ0n) is 10.6. The monoisotopic (exact) mass is 241 g/mol. The maximum absolute atomic E-state index is 11.9. The summed E-state index contributed by atoms with van der Waals surface area (Å²) in [6.45, 7) is 6.98. The highest BCUT2D eigenvalue weighted by Crippen LogP contribution is 2.15. The van der Waals surface area contributed by atoms with E-state index >= 15 is 0 Å². The van der Waals surface area contributed by atoms with Gasteiger partial charge in [-0.15, -0.1) is 0 Å². The third-order valence-corrected chi connectivity index (χ3v) is 3.44. The second-order valence-electron chi connectivity index (χ2n) is 5.11. The first-order chi connectivity index (χ1) is 8.25. The molecule has 2 amide bonds. The van der Waals surface area contributed by atoms with Crippen molar-refractivity contribution in [2.24, 2.45) is 5.92 Å². The number of likely N-dealkylation sites (tertiary alicyclic amines) is 1. The Kier molecular flexibility index (Phi) is 4.62. The van der Waals surface area contributed by atoms with Crippen molar-refractivity contribution in [1.82, 2.24) is 15.5 Å². The van der Waals surface area contributed by atoms with E-state index in [0.29, 0.717) is 19.1 Å². The Bertz CT molecular complexity index is 254. The van der Waals surface area contributed by atoms with Crippen LogP contribution in [0.4, 0.5) is 4.79 Å². The zero-order chi connectivity index (χ0) is 12.1. The van der Waals surface area contributed by atoms with Crippen molar-refractivity contribution in [2.75, 3.05) is 39.4 Å². The van der Waals surface area contributed by atoms with Crippen molar-refractivity contribution in [3.63, 3.8) is 0 Å². The number of carbonyl (C=O) groups is 1. The molecule has 0 radical (unpaired) electrons. The van der Waals surface area contributed by atoms with Gasteiger partial charge >= 0.3 is 6.03 Å². The second kappa shape index (κ2) is 6.21. The number of rotatable bonds is 2. The van der Waals surface area contributed by atoms with Crippen LogP contribution in [0.1, 0.15) is 19.8 Å². The molecule has 2 fully saturated rings. The summed E-state index contributed by atoms with van der Waals surface area (Å²) in [5, 5.41) is 6.32. The molecule has 0 aromatic rings. The summed E-state index contributed by atoms with van der Waals surface area (Å²) in [6.07, 6.45) is 2.36. The topological polar surface area (TPSA) is 53.6 Å². The van der Waals surface area contributed by atoms with E-state index in [1.165, 1.54) is 6.42 Å². The van der Waals surface area contributed by atoms with Crippen LogP contribution in [0.5, 0.6) is 0 Å². The van der Waals surface area contributed by atoms with Crippen molar-refractivity contribution in [3.8, 4) is 0 Å². The quantitative estimate of drug-likeness (QED) is 0.736. The number of hydrogen-bond donors (Lipinski definition) is 2. The third-order valence-electron chi connectivity index (χ3n) is 3.44. The predicted molar refractivity (Wildman–Crippen MR) is 66.0 cm³/mol. The van der Waals surface area contributed by atoms with Crippen molar-refractivity contribution in [1.29, 1.82) is 0 Å². The number of ether oxygens (including phenoxy) is 1. The van der Waals surface area contributed by atoms with Crippen molar-refractivity contribution in [2.45, 2.75) is 25.8 Å². The first kappa shape index (κ1) is 12.6. The molecule has 2 N–H and O–H groups in total. The molecule has 5 heteroatoms. The number of amides is 2. The number of nitrogens with one attached hydrogen (secondary N) is 2. The van der Waals surface area contributed by atoms with Crippen LogP contribution in [0.3, 0.4) is 0 Å². The van der Waals surface area contributed by atoms with Crippen LogP contribution in [-0.2, 0) is 4.74 Å². The summed E-state index contributed by atoms with van der Waals surface area (Å²) in [7, 11) is 0. The van der Waals surface area contributed by atoms with Gasteiger partial charge in [-0.25, -0.2) is 4.79 Å². The third kappa shape index (κ3) is 3.85. The first-order valence-corrected chi connectivity index (χ1v) is 6.59. The van der Waals surface area contributed by atoms with E-state index in [9.17, 15) is 4.79 Å². The molecule has 0 aromatic heterocycles. The molecule has 2 heterocycles. The molecule has 2 saturated heterocycles. The molecule has 0 spiro atoms. The van der Waals surface area contributed by atoms with E-state index in [0.717, 1.165) is 32.7 Å². The molecule has 2 atom stereocenters. The average Bonchev–Trinajstić information content (AvgIpc) is 2.37. The van der Waals surface area contributed by atoms with Crippen molar-refractivity contribution < 1.29 is 9.53 Å². The van der Waals surface area contributed by atoms with E-state index in [4.69, 9.17) is 4.74 Å². The van der Waals surface area contributed by atoms with Gasteiger partial charge in [-0.2, -0.15) is 0 Å². The number of piperidine rings is 1. The number of morpholine rings is 1. The van der Waals surface area contributed by atoms with Gasteiger partial charge < -0.3 is 20.3 Å². The lowest BCUT2D eigenvalue weighted by atomic mass is 10.0. The van der Waals surface area contributed by atoms with Gasteiger partial charge in [0.2, 0.25) is 0 Å². The van der Waals surface area contributed by atoms with Gasteiger partial charge in [0, 0.05) is 32.2 Å². The Hall–Kier alpha value is -0.810. The van der Waals surface area contributed by atoms with Gasteiger partial charge in [0.25, 0.3) is 0 Å². The van der Waals surface area contributed by atoms with Crippen LogP contribution in [0.2, 0.25) is 0 Å². The summed E-state index contributed by atoms with van der Waals surface area (Å²) in [4.78, 5) is 13.9. The molecule has 2 unspecified atom stereocenters. The Morgan fingerprint density at radius 3 is 3.18 bits per heavy atom. The zero-order valence-corrected chi connectivity index (χ0v) is 10.6. The lowest BCUT2D eigenvalue weighted by molar-refractivity contribution is 0.0764. The number of hydrogen-bond acceptors (Lipinski definition) is 3. The van der Waals surface area contributed by atoms with Gasteiger partial charge in [-0.3, -0.25) is 0 Å². The van der Waals surface area contributed by atoms with Crippen LogP contribution < -0.4 is 10.6 Å². The van der Waals surface area contributed by atoms with E-state index in [2.05, 4.69) is 17.6 Å². The normalized spacial score (nSPS) is 30.1. The highest BCUT2D eigenvalue weighted by atomic mass is 16.5. The molecule has 0 saturated carbocycles. The van der Waals surface area contributed by atoms with Crippen LogP contribution in [0.25, 0.3) is 0 Å². The summed E-state index contributed by atoms with van der Waals surface area (Å²) < 4.78 is 5.35. The SMILES string of the molecule is CC1CCCN(C(=O)NCC2COCCN2)C1. The molecule has 2 aliphatic rings. The Morgan fingerprint density at radius 2 is 2.47 bits per heavy atom. The van der Waals surface area contributed by atoms with Gasteiger partial charge in [-0.05, 0) is 18.8 Å². The van der Waals surface area contributed by atoms with Crippen molar-refractivity contribution in [3.05, 3.63) is 0 Å². The summed E-state index contributed by atoms with van der Waals surface area (Å²) in [6, 6.07) is 0.332. The molecule has 5 nitrogen and oxygen atoms in total. The Balaban J connectivity index is 1.69. The van der Waals surface area contributed by atoms with Gasteiger partial charge in [0.1, 0.15) is 0 Å². The van der Waals surface area contributed by atoms with Crippen LogP contribution >= 0.6 is 0 Å². The predicted octanol–water partition coefficient (Wildman–Crippen LogP) is 0.416. The number of carbonyl (C=O) groups excluding carboxylic acids is 1. The highest BCUT2D eigenvalue weighted by Gasteiger charge is 2.21. The van der Waals surface area contributed by atoms with Gasteiger partial charge in [-0.1, -0.05) is 6.92 Å². The number of nitrogens with zero attached hydrogens (tertiary/aromatic N) is 1. The maximum Gasteiger partial charge on any atom is 0.317 e. The van der Waals surface area contributed by atoms with E-state index in [-0.39, 0.29) is 12.1 Å². The Labute approximate surface area is 103 Å². The van der Waals surface area contributed by atoms with Gasteiger partial charge in [0.05, 0.1) is 13.2 Å². The smallest absolute Gasteiger partial charge is 0.317 e. The number of urea groups is 1. The molecule has 0 aromatic carbocycles. The maximum atomic E-state index is 11.9. The Morgan fingerprint density at radius 1 is 1.59 bits per heavy atom. The lowest BCUT2D eigenvalue weighted by Gasteiger charge is -2.32. The first-order valence-electron chi connectivity index (χ1n) is 6.59. The fourth-order valence-corrected chi connectivity index (χ4v) is 2.45. The van der Waals surface area contributed by atoms with Crippen LogP contribution in [-0.4, -0.2) is 56.4 Å². The molecule has 0 aliphatic carbocycles. The van der Waals surface area contributed by atoms with Gasteiger partial charge in [0.15, 0.2) is 0 Å². The molecule has 17 heavy (non-hydrogen) atoms. The van der Waals surface area contributed by atoms with E-state index in [1.54, 1.807) is 0 Å². The average molecular weight is 241 g/mol. The summed E-state index contributed by atoms with van der Waals surface area (Å²) in [5.41, 5.74) is 0. The lowest BCUT2D eigenvalue weighted by Crippen LogP contribution is -2.52. The van der Waals surface area contributed by atoms with Crippen LogP contribution in [0.15, 0.2) is 0 Å². The minimum atomic E-state index is 0.0731. The fourth-order valence-electron chi connectivity index (χ4n) is 2.45. The molecular weight excluding hydrogens is 218 g/mol. The van der Waals surface area contributed by atoms with E-state index < -0.39 is 0 Å². The summed E-state index contributed by atoms with van der Waals surface area (Å²) in [5.74, 6) is 0.630. The van der Waals surface area contributed by atoms with Crippen LogP contribution in [0, 0.1) is 5.92 Å². The molecule has 0 bridgehead atoms. The van der Waals surface area contributed by atoms with E-state index in [1.807, 2.05) is 4.90 Å². The standard InChI is InChI=1S/C12H23N3O2/c1-10-3-2-5-15(8-10)12(16)14-7-11-9-17-6-4-13-11/h10-11,13H,2-9H2,1H3,(H,14,16). The van der Waals surface area contributed by atoms with Crippen molar-refractivity contribution >= 4 is 6.03 Å². The minimum Gasteiger partial charge on any atom is -0.378 e. The largest absolute Gasteiger partial charge is 0.378 e. The molecule has 2 rings (SSSR count). The molecule has 98 valence electrons. The fraction of sp³-hybridized carbons (Fsp3) is 0.917. The second-order valence-corrected chi connectivity index (χ2v) is 5.11.